The van der Waals surface area contributed by atoms with Crippen LogP contribution in [0.15, 0.2) is 43.2 Å². The van der Waals surface area contributed by atoms with E-state index in [9.17, 15) is 9.18 Å². The minimum Gasteiger partial charge on any atom is -0.367 e. The highest BCUT2D eigenvalue weighted by atomic mass is 35.5. The van der Waals surface area contributed by atoms with Crippen molar-refractivity contribution in [2.45, 2.75) is 12.6 Å². The Bertz CT molecular complexity index is 1510. The maximum atomic E-state index is 15.4. The van der Waals surface area contributed by atoms with Crippen molar-refractivity contribution in [3.63, 3.8) is 0 Å². The molecule has 0 spiro atoms. The molecule has 2 unspecified atom stereocenters. The van der Waals surface area contributed by atoms with Crippen LogP contribution in [0, 0.1) is 11.7 Å². The number of hydrogen-bond acceptors (Lipinski definition) is 4. The van der Waals surface area contributed by atoms with Crippen LogP contribution in [0.1, 0.15) is 6.42 Å². The van der Waals surface area contributed by atoms with Crippen LogP contribution in [0.5, 0.6) is 0 Å². The molecule has 11 heteroatoms. The van der Waals surface area contributed by atoms with E-state index in [0.717, 1.165) is 0 Å². The highest BCUT2D eigenvalue weighted by Gasteiger charge is 2.43. The topological polar surface area (TPSA) is 104 Å². The fraction of sp³-hybridized carbons (Fsp3) is 0.143. The molecule has 0 bridgehead atoms. The number of rotatable bonds is 4. The first-order valence-corrected chi connectivity index (χ1v) is 10.2. The Morgan fingerprint density at radius 3 is 2.88 bits per heavy atom. The van der Waals surface area contributed by atoms with E-state index in [1.165, 1.54) is 6.20 Å². The second-order valence-electron chi connectivity index (χ2n) is 7.65. The minimum atomic E-state index is -1.09. The molecule has 1 aliphatic carbocycles. The molecule has 5 aromatic rings. The summed E-state index contributed by atoms with van der Waals surface area (Å²) < 4.78 is 30.1. The number of benzene rings is 1. The number of anilines is 1. The SMILES string of the molecule is O=C(Nc1cn2cc(-c3c(Cl)c(F)c(-c4cc[nH]c4)c4[nH]ncc34)ncc2n1)C1CC1F. The number of H-pyrrole nitrogens is 2. The lowest BCUT2D eigenvalue weighted by Crippen LogP contribution is -2.15. The van der Waals surface area contributed by atoms with Crippen LogP contribution in [0.25, 0.3) is 38.9 Å². The molecule has 1 aromatic carbocycles. The third-order valence-corrected chi connectivity index (χ3v) is 5.93. The van der Waals surface area contributed by atoms with Crippen LogP contribution < -0.4 is 5.32 Å². The van der Waals surface area contributed by atoms with Crippen molar-refractivity contribution in [2.24, 2.45) is 5.92 Å². The van der Waals surface area contributed by atoms with Crippen LogP contribution in [-0.4, -0.2) is 41.6 Å². The van der Waals surface area contributed by atoms with Crippen molar-refractivity contribution < 1.29 is 13.6 Å². The summed E-state index contributed by atoms with van der Waals surface area (Å²) in [5.41, 5.74) is 2.68. The first-order valence-electron chi connectivity index (χ1n) is 9.78. The quantitative estimate of drug-likeness (QED) is 0.376. The van der Waals surface area contributed by atoms with Gasteiger partial charge in [0.1, 0.15) is 6.17 Å². The second kappa shape index (κ2) is 6.86. The molecule has 1 saturated carbocycles. The summed E-state index contributed by atoms with van der Waals surface area (Å²) in [4.78, 5) is 23.6. The van der Waals surface area contributed by atoms with Crippen molar-refractivity contribution >= 4 is 39.9 Å². The predicted molar refractivity (Wildman–Crippen MR) is 114 cm³/mol. The molecule has 1 amide bonds. The van der Waals surface area contributed by atoms with Gasteiger partial charge in [-0.15, -0.1) is 0 Å². The van der Waals surface area contributed by atoms with Crippen molar-refractivity contribution in [1.82, 2.24) is 29.5 Å². The Labute approximate surface area is 183 Å². The first-order chi connectivity index (χ1) is 15.5. The zero-order valence-corrected chi connectivity index (χ0v) is 17.0. The van der Waals surface area contributed by atoms with Gasteiger partial charge in [-0.05, 0) is 12.5 Å². The number of halogens is 3. The Balaban J connectivity index is 1.45. The monoisotopic (exact) mass is 453 g/mol. The van der Waals surface area contributed by atoms with E-state index in [-0.39, 0.29) is 17.3 Å². The second-order valence-corrected chi connectivity index (χ2v) is 8.03. The van der Waals surface area contributed by atoms with Gasteiger partial charge in [0, 0.05) is 40.7 Å². The highest BCUT2D eigenvalue weighted by molar-refractivity contribution is 6.36. The summed E-state index contributed by atoms with van der Waals surface area (Å²) in [5.74, 6) is -1.34. The largest absolute Gasteiger partial charge is 0.367 e. The predicted octanol–water partition coefficient (Wildman–Crippen LogP) is 4.36. The summed E-state index contributed by atoms with van der Waals surface area (Å²) in [6.07, 6.45) is 8.78. The molecule has 6 rings (SSSR count). The molecular formula is C21H14ClF2N7O. The Hall–Kier alpha value is -3.79. The number of amides is 1. The van der Waals surface area contributed by atoms with Gasteiger partial charge >= 0.3 is 0 Å². The molecule has 1 aliphatic rings. The average Bonchev–Trinajstić information content (AvgIpc) is 3.21. The maximum absolute atomic E-state index is 15.4. The molecular weight excluding hydrogens is 440 g/mol. The van der Waals surface area contributed by atoms with Crippen molar-refractivity contribution in [1.29, 1.82) is 0 Å². The zero-order valence-electron chi connectivity index (χ0n) is 16.2. The average molecular weight is 454 g/mol. The van der Waals surface area contributed by atoms with Gasteiger partial charge in [-0.1, -0.05) is 11.6 Å². The third kappa shape index (κ3) is 2.87. The van der Waals surface area contributed by atoms with E-state index >= 15 is 4.39 Å². The Kier molecular flexibility index (Phi) is 4.06. The van der Waals surface area contributed by atoms with Crippen molar-refractivity contribution in [3.05, 3.63) is 54.1 Å². The molecule has 4 heterocycles. The summed E-state index contributed by atoms with van der Waals surface area (Å²) in [7, 11) is 0. The standard InChI is InChI=1S/C21H14ClF2N7O/c22-18-17(11-5-27-30-20(11)16(19(18)24)9-1-2-25-4-9)13-7-31-8-14(28-15(31)6-26-13)29-21(32)10-3-12(10)23/h1-2,4-8,10,12,25H,3H2,(H,27,30)(H,29,32). The molecule has 0 aliphatic heterocycles. The van der Waals surface area contributed by atoms with E-state index in [4.69, 9.17) is 11.6 Å². The summed E-state index contributed by atoms with van der Waals surface area (Å²) >= 11 is 6.48. The lowest BCUT2D eigenvalue weighted by Gasteiger charge is -2.11. The van der Waals surface area contributed by atoms with E-state index < -0.39 is 23.8 Å². The number of aromatic nitrogens is 6. The molecule has 3 N–H and O–H groups in total. The number of carbonyl (C=O) groups excluding carboxylic acids is 1. The molecule has 2 atom stereocenters. The number of alkyl halides is 1. The molecule has 4 aromatic heterocycles. The zero-order chi connectivity index (χ0) is 22.0. The van der Waals surface area contributed by atoms with Gasteiger partial charge in [-0.25, -0.2) is 13.8 Å². The molecule has 0 saturated heterocycles. The van der Waals surface area contributed by atoms with Crippen LogP contribution >= 0.6 is 11.6 Å². The summed E-state index contributed by atoms with van der Waals surface area (Å²) in [6.45, 7) is 0. The van der Waals surface area contributed by atoms with Gasteiger partial charge in [0.2, 0.25) is 5.91 Å². The number of aromatic amines is 2. The Morgan fingerprint density at radius 1 is 1.28 bits per heavy atom. The van der Waals surface area contributed by atoms with E-state index in [0.29, 0.717) is 38.9 Å². The first kappa shape index (κ1) is 18.9. The summed E-state index contributed by atoms with van der Waals surface area (Å²) in [5, 5.41) is 10.1. The normalized spacial score (nSPS) is 17.8. The van der Waals surface area contributed by atoms with Crippen molar-refractivity contribution in [3.8, 4) is 22.4 Å². The molecule has 32 heavy (non-hydrogen) atoms. The van der Waals surface area contributed by atoms with Gasteiger partial charge in [0.05, 0.1) is 40.7 Å². The van der Waals surface area contributed by atoms with Gasteiger partial charge in [0.25, 0.3) is 0 Å². The molecule has 160 valence electrons. The van der Waals surface area contributed by atoms with Gasteiger partial charge in [-0.3, -0.25) is 14.9 Å². The number of nitrogens with one attached hydrogen (secondary N) is 3. The number of imidazole rings is 1. The van der Waals surface area contributed by atoms with Gasteiger partial charge in [0.15, 0.2) is 17.3 Å². The minimum absolute atomic E-state index is 0.0849. The van der Waals surface area contributed by atoms with Gasteiger partial charge in [-0.2, -0.15) is 5.10 Å². The third-order valence-electron chi connectivity index (χ3n) is 5.58. The fourth-order valence-electron chi connectivity index (χ4n) is 3.86. The van der Waals surface area contributed by atoms with E-state index in [2.05, 4.69) is 30.5 Å². The van der Waals surface area contributed by atoms with Crippen LogP contribution in [-0.2, 0) is 4.79 Å². The van der Waals surface area contributed by atoms with Crippen LogP contribution in [0.3, 0.4) is 0 Å². The number of carbonyl (C=O) groups is 1. The van der Waals surface area contributed by atoms with Crippen molar-refractivity contribution in [2.75, 3.05) is 5.32 Å². The summed E-state index contributed by atoms with van der Waals surface area (Å²) in [6, 6.07) is 1.74. The van der Waals surface area contributed by atoms with E-state index in [1.807, 2.05) is 0 Å². The number of hydrogen-bond donors (Lipinski definition) is 3. The lowest BCUT2D eigenvalue weighted by atomic mass is 9.99. The van der Waals surface area contributed by atoms with E-state index in [1.54, 1.807) is 41.5 Å². The Morgan fingerprint density at radius 2 is 2.12 bits per heavy atom. The molecule has 8 nitrogen and oxygen atoms in total. The molecule has 1 fully saturated rings. The lowest BCUT2D eigenvalue weighted by molar-refractivity contribution is -0.117. The van der Waals surface area contributed by atoms with Gasteiger partial charge < -0.3 is 14.7 Å². The molecule has 0 radical (unpaired) electrons. The maximum Gasteiger partial charge on any atom is 0.231 e. The highest BCUT2D eigenvalue weighted by Crippen LogP contribution is 2.42. The van der Waals surface area contributed by atoms with Crippen LogP contribution in [0.2, 0.25) is 5.02 Å². The fourth-order valence-corrected chi connectivity index (χ4v) is 4.15. The number of nitrogens with zero attached hydrogens (tertiary/aromatic N) is 4. The smallest absolute Gasteiger partial charge is 0.231 e. The van der Waals surface area contributed by atoms with Crippen LogP contribution in [0.4, 0.5) is 14.6 Å². The number of fused-ring (bicyclic) bond motifs is 2.